The minimum Gasteiger partial charge on any atom is -0.464 e. The maximum atomic E-state index is 11.9. The van der Waals surface area contributed by atoms with Crippen LogP contribution in [0.15, 0.2) is 5.11 Å². The molecule has 1 aliphatic carbocycles. The first-order valence-electron chi connectivity index (χ1n) is 12.6. The predicted octanol–water partition coefficient (Wildman–Crippen LogP) is 1.92. The molecule has 1 aliphatic rings. The van der Waals surface area contributed by atoms with Crippen molar-refractivity contribution < 1.29 is 19.1 Å². The van der Waals surface area contributed by atoms with Crippen molar-refractivity contribution in [3.8, 4) is 0 Å². The molecule has 3 unspecified atom stereocenters. The number of thiol groups is 1. The summed E-state index contributed by atoms with van der Waals surface area (Å²) in [5.41, 5.74) is 13.7. The van der Waals surface area contributed by atoms with Crippen molar-refractivity contribution in [2.45, 2.75) is 63.1 Å². The van der Waals surface area contributed by atoms with Crippen LogP contribution in [0.5, 0.6) is 0 Å². The first-order chi connectivity index (χ1) is 16.9. The van der Waals surface area contributed by atoms with E-state index in [0.29, 0.717) is 83.2 Å². The summed E-state index contributed by atoms with van der Waals surface area (Å²) >= 11 is 4.34. The number of esters is 2. The second-order valence-corrected chi connectivity index (χ2v) is 9.54. The van der Waals surface area contributed by atoms with Gasteiger partial charge >= 0.3 is 11.9 Å². The first kappa shape index (κ1) is 31.5. The predicted molar refractivity (Wildman–Crippen MR) is 140 cm³/mol. The molecule has 12 heteroatoms. The van der Waals surface area contributed by atoms with Gasteiger partial charge < -0.3 is 20.1 Å². The van der Waals surface area contributed by atoms with Gasteiger partial charge in [-0.1, -0.05) is 5.11 Å². The standard InChI is InChI=1S/C23H45N7O4S/c1-28(13-8-18-35)21-22(29(2)14-16-33-19(31)9-4-6-11-24)23(21)30(3)15-17-34-20(32)10-5-7-12-26-27-25/h21-23,35H,4-18,24H2,1-3H3. The molecule has 0 radical (unpaired) electrons. The summed E-state index contributed by atoms with van der Waals surface area (Å²) in [4.78, 5) is 33.4. The van der Waals surface area contributed by atoms with Crippen molar-refractivity contribution in [2.75, 3.05) is 72.8 Å². The monoisotopic (exact) mass is 515 g/mol. The molecule has 11 nitrogen and oxygen atoms in total. The van der Waals surface area contributed by atoms with Gasteiger partial charge in [0.25, 0.3) is 0 Å². The van der Waals surface area contributed by atoms with E-state index in [1.54, 1.807) is 0 Å². The summed E-state index contributed by atoms with van der Waals surface area (Å²) < 4.78 is 10.8. The Labute approximate surface area is 215 Å². The zero-order chi connectivity index (χ0) is 26.1. The topological polar surface area (TPSA) is 137 Å². The summed E-state index contributed by atoms with van der Waals surface area (Å²) in [7, 11) is 6.26. The van der Waals surface area contributed by atoms with Crippen LogP contribution in [0.4, 0.5) is 0 Å². The van der Waals surface area contributed by atoms with E-state index >= 15 is 0 Å². The minimum atomic E-state index is -0.223. The highest BCUT2D eigenvalue weighted by Crippen LogP contribution is 2.36. The summed E-state index contributed by atoms with van der Waals surface area (Å²) in [5, 5.41) is 3.46. The molecule has 35 heavy (non-hydrogen) atoms. The number of azide groups is 1. The lowest BCUT2D eigenvalue weighted by atomic mass is 10.2. The highest BCUT2D eigenvalue weighted by Gasteiger charge is 2.56. The SMILES string of the molecule is CN(CCCS)C1C(N(C)CCOC(=O)CCCCN)C1N(C)CCOC(=O)CCCCN=[N+]=[N-]. The van der Waals surface area contributed by atoms with Crippen molar-refractivity contribution in [1.82, 2.24) is 14.7 Å². The molecule has 0 heterocycles. The van der Waals surface area contributed by atoms with Crippen LogP contribution >= 0.6 is 12.6 Å². The average molecular weight is 516 g/mol. The van der Waals surface area contributed by atoms with Gasteiger partial charge in [-0.15, -0.1) is 0 Å². The molecule has 0 bridgehead atoms. The number of rotatable bonds is 21. The largest absolute Gasteiger partial charge is 0.464 e. The Bertz CT molecular complexity index is 666. The number of nitrogens with two attached hydrogens (primary N) is 1. The third-order valence-corrected chi connectivity index (χ3v) is 6.62. The fraction of sp³-hybridized carbons (Fsp3) is 0.913. The van der Waals surface area contributed by atoms with Gasteiger partial charge in [-0.2, -0.15) is 12.6 Å². The number of carbonyl (C=O) groups excluding carboxylic acids is 2. The van der Waals surface area contributed by atoms with Crippen LogP contribution < -0.4 is 5.73 Å². The van der Waals surface area contributed by atoms with Crippen molar-refractivity contribution >= 4 is 24.6 Å². The Hall–Kier alpha value is -1.56. The summed E-state index contributed by atoms with van der Waals surface area (Å²) in [6.45, 7) is 3.97. The van der Waals surface area contributed by atoms with Gasteiger partial charge in [0.1, 0.15) is 13.2 Å². The molecule has 0 aromatic heterocycles. The Morgan fingerprint density at radius 1 is 0.857 bits per heavy atom. The second kappa shape index (κ2) is 18.7. The maximum Gasteiger partial charge on any atom is 0.305 e. The van der Waals surface area contributed by atoms with Crippen LogP contribution in [-0.2, 0) is 19.1 Å². The Morgan fingerprint density at radius 2 is 1.34 bits per heavy atom. The third kappa shape index (κ3) is 12.8. The summed E-state index contributed by atoms with van der Waals surface area (Å²) in [6.07, 6.45) is 4.69. The van der Waals surface area contributed by atoms with Crippen LogP contribution in [0.1, 0.15) is 44.9 Å². The van der Waals surface area contributed by atoms with Gasteiger partial charge in [0.15, 0.2) is 0 Å². The molecule has 1 saturated carbocycles. The van der Waals surface area contributed by atoms with E-state index in [9.17, 15) is 9.59 Å². The zero-order valence-electron chi connectivity index (χ0n) is 21.7. The molecule has 1 fully saturated rings. The second-order valence-electron chi connectivity index (χ2n) is 9.09. The van der Waals surface area contributed by atoms with E-state index in [1.165, 1.54) is 0 Å². The van der Waals surface area contributed by atoms with Crippen molar-refractivity contribution in [3.63, 3.8) is 0 Å². The molecule has 0 aromatic carbocycles. The number of carbonyl (C=O) groups is 2. The lowest BCUT2D eigenvalue weighted by Gasteiger charge is -2.20. The Kier molecular flexibility index (Phi) is 16.8. The first-order valence-corrected chi connectivity index (χ1v) is 13.2. The van der Waals surface area contributed by atoms with Crippen LogP contribution in [0.3, 0.4) is 0 Å². The number of hydrogen-bond donors (Lipinski definition) is 2. The zero-order valence-corrected chi connectivity index (χ0v) is 22.6. The van der Waals surface area contributed by atoms with E-state index in [4.69, 9.17) is 20.7 Å². The van der Waals surface area contributed by atoms with Crippen molar-refractivity contribution in [1.29, 1.82) is 0 Å². The van der Waals surface area contributed by atoms with Crippen molar-refractivity contribution in [2.24, 2.45) is 10.8 Å². The third-order valence-electron chi connectivity index (χ3n) is 6.31. The van der Waals surface area contributed by atoms with Crippen LogP contribution in [-0.4, -0.2) is 118 Å². The molecule has 3 atom stereocenters. The van der Waals surface area contributed by atoms with E-state index < -0.39 is 0 Å². The number of unbranched alkanes of at least 4 members (excludes halogenated alkanes) is 2. The van der Waals surface area contributed by atoms with Gasteiger partial charge in [0.05, 0.1) is 0 Å². The average Bonchev–Trinajstić information content (AvgIpc) is 3.58. The normalized spacial score (nSPS) is 19.1. The Morgan fingerprint density at radius 3 is 1.80 bits per heavy atom. The quantitative estimate of drug-likeness (QED) is 0.0591. The Balaban J connectivity index is 2.47. The van der Waals surface area contributed by atoms with Gasteiger partial charge in [0, 0.05) is 55.5 Å². The molecule has 0 aromatic rings. The van der Waals surface area contributed by atoms with Gasteiger partial charge in [0.2, 0.25) is 0 Å². The molecule has 0 amide bonds. The lowest BCUT2D eigenvalue weighted by Crippen LogP contribution is -2.34. The number of ether oxygens (including phenoxy) is 2. The summed E-state index contributed by atoms with van der Waals surface area (Å²) in [5.74, 6) is 0.453. The molecule has 0 spiro atoms. The smallest absolute Gasteiger partial charge is 0.305 e. The van der Waals surface area contributed by atoms with E-state index in [0.717, 1.165) is 31.6 Å². The summed E-state index contributed by atoms with van der Waals surface area (Å²) in [6, 6.07) is 0.950. The molecule has 202 valence electrons. The lowest BCUT2D eigenvalue weighted by molar-refractivity contribution is -0.145. The number of nitrogens with zero attached hydrogens (tertiary/aromatic N) is 6. The molecule has 1 rings (SSSR count). The number of hydrogen-bond acceptors (Lipinski definition) is 10. The fourth-order valence-electron chi connectivity index (χ4n) is 4.26. The fourth-order valence-corrected chi connectivity index (χ4v) is 4.40. The number of likely N-dealkylation sites (N-methyl/N-ethyl adjacent to an activating group) is 3. The van der Waals surface area contributed by atoms with E-state index in [-0.39, 0.29) is 11.9 Å². The van der Waals surface area contributed by atoms with Crippen LogP contribution in [0.2, 0.25) is 0 Å². The molecular formula is C23H45N7O4S. The van der Waals surface area contributed by atoms with E-state index in [2.05, 4.69) is 58.5 Å². The highest BCUT2D eigenvalue weighted by atomic mass is 32.1. The maximum absolute atomic E-state index is 11.9. The van der Waals surface area contributed by atoms with E-state index in [1.807, 2.05) is 0 Å². The van der Waals surface area contributed by atoms with Crippen LogP contribution in [0.25, 0.3) is 10.4 Å². The highest BCUT2D eigenvalue weighted by molar-refractivity contribution is 7.80. The molecule has 0 aliphatic heterocycles. The van der Waals surface area contributed by atoms with Crippen LogP contribution in [0, 0.1) is 0 Å². The molecule has 0 saturated heterocycles. The molecule has 2 N–H and O–H groups in total. The van der Waals surface area contributed by atoms with Gasteiger partial charge in [-0.25, -0.2) is 0 Å². The van der Waals surface area contributed by atoms with Gasteiger partial charge in [-0.3, -0.25) is 19.4 Å². The van der Waals surface area contributed by atoms with Crippen molar-refractivity contribution in [3.05, 3.63) is 10.4 Å². The minimum absolute atomic E-state index is 0.168. The van der Waals surface area contributed by atoms with Gasteiger partial charge in [-0.05, 0) is 77.6 Å². The molecular weight excluding hydrogens is 470 g/mol.